The van der Waals surface area contributed by atoms with E-state index in [0.717, 1.165) is 4.47 Å². The lowest BCUT2D eigenvalue weighted by molar-refractivity contribution is 0.768. The van der Waals surface area contributed by atoms with Crippen molar-refractivity contribution in [2.24, 2.45) is 0 Å². The maximum absolute atomic E-state index is 3.96. The molecule has 0 aliphatic heterocycles. The summed E-state index contributed by atoms with van der Waals surface area (Å²) in [5.74, 6) is 0. The summed E-state index contributed by atoms with van der Waals surface area (Å²) in [5, 5.41) is 0. The van der Waals surface area contributed by atoms with Gasteiger partial charge in [0.15, 0.2) is 0 Å². The molecule has 0 spiro atoms. The third-order valence-corrected chi connectivity index (χ3v) is 7.24. The van der Waals surface area contributed by atoms with Gasteiger partial charge in [-0.15, -0.1) is 0 Å². The molecule has 0 fully saturated rings. The minimum Gasteiger partial charge on any atom is -0.0622 e. The highest BCUT2D eigenvalue weighted by Crippen LogP contribution is 2.58. The zero-order valence-corrected chi connectivity index (χ0v) is 19.1. The van der Waals surface area contributed by atoms with Crippen LogP contribution in [-0.4, -0.2) is 0 Å². The predicted molar refractivity (Wildman–Crippen MR) is 137 cm³/mol. The van der Waals surface area contributed by atoms with Crippen molar-refractivity contribution in [1.29, 1.82) is 0 Å². The molecule has 0 nitrogen and oxygen atoms in total. The standard InChI is InChI=1S/C31H21Br/c32-29-21-23(22-12-4-1-5-13-22)20-28-30(29)26-18-10-11-19-27(26)31(28,24-14-6-2-7-15-24)25-16-8-3-9-17-25/h1-21H. The largest absolute Gasteiger partial charge is 0.0714 e. The van der Waals surface area contributed by atoms with Gasteiger partial charge in [0.05, 0.1) is 5.41 Å². The van der Waals surface area contributed by atoms with Crippen LogP contribution in [0.4, 0.5) is 0 Å². The molecular formula is C31H21Br. The number of hydrogen-bond donors (Lipinski definition) is 0. The van der Waals surface area contributed by atoms with Gasteiger partial charge in [-0.1, -0.05) is 131 Å². The number of fused-ring (bicyclic) bond motifs is 3. The Balaban J connectivity index is 1.78. The highest BCUT2D eigenvalue weighted by molar-refractivity contribution is 9.10. The first kappa shape index (κ1) is 19.3. The molecule has 5 aromatic rings. The Morgan fingerprint density at radius 3 is 1.62 bits per heavy atom. The molecule has 1 heteroatoms. The molecule has 0 radical (unpaired) electrons. The van der Waals surface area contributed by atoms with E-state index < -0.39 is 0 Å². The Hall–Kier alpha value is -3.42. The van der Waals surface area contributed by atoms with E-state index in [-0.39, 0.29) is 5.41 Å². The fourth-order valence-electron chi connectivity index (χ4n) is 5.31. The van der Waals surface area contributed by atoms with Gasteiger partial charge < -0.3 is 0 Å². The van der Waals surface area contributed by atoms with E-state index in [1.807, 2.05) is 0 Å². The first-order valence-electron chi connectivity index (χ1n) is 10.9. The van der Waals surface area contributed by atoms with Crippen molar-refractivity contribution in [3.8, 4) is 22.3 Å². The summed E-state index contributed by atoms with van der Waals surface area (Å²) in [7, 11) is 0. The van der Waals surface area contributed by atoms with E-state index in [0.29, 0.717) is 0 Å². The minimum atomic E-state index is -0.373. The number of rotatable bonds is 3. The van der Waals surface area contributed by atoms with Gasteiger partial charge in [-0.2, -0.15) is 0 Å². The molecule has 32 heavy (non-hydrogen) atoms. The van der Waals surface area contributed by atoms with Gasteiger partial charge in [-0.05, 0) is 51.1 Å². The predicted octanol–water partition coefficient (Wildman–Crippen LogP) is 8.48. The Labute approximate surface area is 197 Å². The molecule has 0 N–H and O–H groups in total. The average molecular weight is 473 g/mol. The molecule has 6 rings (SSSR count). The van der Waals surface area contributed by atoms with Gasteiger partial charge in [0.1, 0.15) is 0 Å². The lowest BCUT2D eigenvalue weighted by atomic mass is 9.67. The summed E-state index contributed by atoms with van der Waals surface area (Å²) >= 11 is 3.96. The summed E-state index contributed by atoms with van der Waals surface area (Å²) in [6.45, 7) is 0. The van der Waals surface area contributed by atoms with Crippen LogP contribution >= 0.6 is 15.9 Å². The van der Waals surface area contributed by atoms with Crippen LogP contribution in [0.25, 0.3) is 22.3 Å². The van der Waals surface area contributed by atoms with Crippen molar-refractivity contribution in [2.75, 3.05) is 0 Å². The average Bonchev–Trinajstić information content (AvgIpc) is 3.17. The SMILES string of the molecule is Brc1cc(-c2ccccc2)cc2c1-c1ccccc1C2(c1ccccc1)c1ccccc1. The van der Waals surface area contributed by atoms with E-state index in [9.17, 15) is 0 Å². The smallest absolute Gasteiger partial charge is 0.0622 e. The molecule has 0 saturated heterocycles. The third kappa shape index (κ3) is 2.75. The van der Waals surface area contributed by atoms with Crippen LogP contribution in [0.15, 0.2) is 132 Å². The molecular weight excluding hydrogens is 452 g/mol. The zero-order chi connectivity index (χ0) is 21.5. The second kappa shape index (κ2) is 7.62. The van der Waals surface area contributed by atoms with Crippen LogP contribution in [0.1, 0.15) is 22.3 Å². The Bertz CT molecular complexity index is 1360. The van der Waals surface area contributed by atoms with Gasteiger partial charge in [-0.25, -0.2) is 0 Å². The molecule has 0 bridgehead atoms. The van der Waals surface area contributed by atoms with Gasteiger partial charge >= 0.3 is 0 Å². The lowest BCUT2D eigenvalue weighted by Gasteiger charge is -2.34. The maximum atomic E-state index is 3.96. The molecule has 152 valence electrons. The first-order valence-corrected chi connectivity index (χ1v) is 11.7. The van der Waals surface area contributed by atoms with E-state index in [4.69, 9.17) is 0 Å². The minimum absolute atomic E-state index is 0.373. The maximum Gasteiger partial charge on any atom is 0.0714 e. The Kier molecular flexibility index (Phi) is 4.59. The summed E-state index contributed by atoms with van der Waals surface area (Å²) in [6, 6.07) is 46.0. The van der Waals surface area contributed by atoms with E-state index in [1.54, 1.807) is 0 Å². The lowest BCUT2D eigenvalue weighted by Crippen LogP contribution is -2.28. The summed E-state index contributed by atoms with van der Waals surface area (Å²) < 4.78 is 1.13. The second-order valence-corrected chi connectivity index (χ2v) is 9.13. The molecule has 0 unspecified atom stereocenters. The molecule has 0 heterocycles. The van der Waals surface area contributed by atoms with Crippen molar-refractivity contribution in [3.63, 3.8) is 0 Å². The van der Waals surface area contributed by atoms with Gasteiger partial charge in [0.25, 0.3) is 0 Å². The van der Waals surface area contributed by atoms with Crippen LogP contribution in [0.2, 0.25) is 0 Å². The van der Waals surface area contributed by atoms with Crippen molar-refractivity contribution in [1.82, 2.24) is 0 Å². The zero-order valence-electron chi connectivity index (χ0n) is 17.5. The van der Waals surface area contributed by atoms with Crippen LogP contribution < -0.4 is 0 Å². The van der Waals surface area contributed by atoms with Gasteiger partial charge in [0.2, 0.25) is 0 Å². The van der Waals surface area contributed by atoms with Crippen molar-refractivity contribution in [3.05, 3.63) is 154 Å². The Morgan fingerprint density at radius 1 is 0.469 bits per heavy atom. The number of halogens is 1. The summed E-state index contributed by atoms with van der Waals surface area (Å²) in [5.41, 5.74) is 9.88. The second-order valence-electron chi connectivity index (χ2n) is 8.27. The quantitative estimate of drug-likeness (QED) is 0.242. The molecule has 1 aliphatic rings. The highest BCUT2D eigenvalue weighted by Gasteiger charge is 2.46. The molecule has 5 aromatic carbocycles. The van der Waals surface area contributed by atoms with E-state index in [1.165, 1.54) is 44.5 Å². The van der Waals surface area contributed by atoms with Crippen LogP contribution in [0.5, 0.6) is 0 Å². The van der Waals surface area contributed by atoms with E-state index in [2.05, 4.69) is 143 Å². The van der Waals surface area contributed by atoms with Crippen LogP contribution in [0, 0.1) is 0 Å². The molecule has 1 aliphatic carbocycles. The first-order chi connectivity index (χ1) is 15.8. The summed E-state index contributed by atoms with van der Waals surface area (Å²) in [6.07, 6.45) is 0. The monoisotopic (exact) mass is 472 g/mol. The van der Waals surface area contributed by atoms with Crippen molar-refractivity contribution in [2.45, 2.75) is 5.41 Å². The summed E-state index contributed by atoms with van der Waals surface area (Å²) in [4.78, 5) is 0. The van der Waals surface area contributed by atoms with E-state index >= 15 is 0 Å². The van der Waals surface area contributed by atoms with Gasteiger partial charge in [0, 0.05) is 10.0 Å². The fourth-order valence-corrected chi connectivity index (χ4v) is 5.99. The van der Waals surface area contributed by atoms with Crippen molar-refractivity contribution >= 4 is 15.9 Å². The van der Waals surface area contributed by atoms with Crippen LogP contribution in [-0.2, 0) is 5.41 Å². The number of hydrogen-bond acceptors (Lipinski definition) is 0. The number of benzene rings is 5. The highest BCUT2D eigenvalue weighted by atomic mass is 79.9. The molecule has 0 saturated carbocycles. The van der Waals surface area contributed by atoms with Crippen LogP contribution in [0.3, 0.4) is 0 Å². The van der Waals surface area contributed by atoms with Crippen molar-refractivity contribution < 1.29 is 0 Å². The molecule has 0 amide bonds. The normalized spacial score (nSPS) is 13.4. The van der Waals surface area contributed by atoms with Gasteiger partial charge in [-0.3, -0.25) is 0 Å². The molecule has 0 atom stereocenters. The Morgan fingerprint density at radius 2 is 1.00 bits per heavy atom. The molecule has 0 aromatic heterocycles. The fraction of sp³-hybridized carbons (Fsp3) is 0.0323. The topological polar surface area (TPSA) is 0 Å². The third-order valence-electron chi connectivity index (χ3n) is 6.62.